The van der Waals surface area contributed by atoms with Crippen LogP contribution in [0.5, 0.6) is 0 Å². The van der Waals surface area contributed by atoms with E-state index in [-0.39, 0.29) is 17.2 Å². The predicted molar refractivity (Wildman–Crippen MR) is 125 cm³/mol. The number of nitrogens with zero attached hydrogens (tertiary/aromatic N) is 2. The molecule has 2 aromatic heterocycles. The van der Waals surface area contributed by atoms with E-state index in [0.717, 1.165) is 22.4 Å². The first kappa shape index (κ1) is 20.4. The summed E-state index contributed by atoms with van der Waals surface area (Å²) < 4.78 is 1.64. The van der Waals surface area contributed by atoms with E-state index in [4.69, 9.17) is 4.98 Å². The number of thiophene rings is 1. The summed E-state index contributed by atoms with van der Waals surface area (Å²) in [6.07, 6.45) is 0. The van der Waals surface area contributed by atoms with Crippen molar-refractivity contribution in [3.05, 3.63) is 75.9 Å². The largest absolute Gasteiger partial charge is 0.356 e. The minimum absolute atomic E-state index is 0.0793. The van der Waals surface area contributed by atoms with E-state index in [1.165, 1.54) is 23.1 Å². The van der Waals surface area contributed by atoms with E-state index < -0.39 is 0 Å². The summed E-state index contributed by atoms with van der Waals surface area (Å²) >= 11 is 2.73. The van der Waals surface area contributed by atoms with Gasteiger partial charge < -0.3 is 5.32 Å². The molecule has 0 bridgehead atoms. The lowest BCUT2D eigenvalue weighted by atomic mass is 10.1. The molecule has 30 heavy (non-hydrogen) atoms. The zero-order valence-corrected chi connectivity index (χ0v) is 18.3. The van der Waals surface area contributed by atoms with Crippen molar-refractivity contribution in [3.8, 4) is 16.8 Å². The molecule has 0 aliphatic carbocycles. The summed E-state index contributed by atoms with van der Waals surface area (Å²) in [6.45, 7) is 4.42. The number of hydrogen-bond donors (Lipinski definition) is 1. The Morgan fingerprint density at radius 3 is 2.60 bits per heavy atom. The molecule has 4 rings (SSSR count). The quantitative estimate of drug-likeness (QED) is 0.354. The highest BCUT2D eigenvalue weighted by Crippen LogP contribution is 2.33. The van der Waals surface area contributed by atoms with Gasteiger partial charge in [-0.25, -0.2) is 4.98 Å². The van der Waals surface area contributed by atoms with E-state index in [1.807, 2.05) is 73.8 Å². The van der Waals surface area contributed by atoms with Gasteiger partial charge in [0.2, 0.25) is 5.91 Å². The van der Waals surface area contributed by atoms with Gasteiger partial charge in [-0.3, -0.25) is 14.2 Å². The Morgan fingerprint density at radius 2 is 1.87 bits per heavy atom. The van der Waals surface area contributed by atoms with Gasteiger partial charge in [0, 0.05) is 17.5 Å². The van der Waals surface area contributed by atoms with Crippen LogP contribution in [0, 0.1) is 6.92 Å². The monoisotopic (exact) mass is 435 g/mol. The molecule has 0 aliphatic rings. The fourth-order valence-corrected chi connectivity index (χ4v) is 5.13. The Hall–Kier alpha value is -2.90. The summed E-state index contributed by atoms with van der Waals surface area (Å²) in [7, 11) is 0. The van der Waals surface area contributed by atoms with Gasteiger partial charge in [-0.05, 0) is 31.0 Å². The van der Waals surface area contributed by atoms with Gasteiger partial charge in [-0.15, -0.1) is 11.3 Å². The van der Waals surface area contributed by atoms with Crippen LogP contribution in [0.3, 0.4) is 0 Å². The number of rotatable bonds is 6. The maximum absolute atomic E-state index is 13.7. The maximum Gasteiger partial charge on any atom is 0.268 e. The number of hydrogen-bond acceptors (Lipinski definition) is 5. The van der Waals surface area contributed by atoms with Crippen LogP contribution in [0.2, 0.25) is 0 Å². The lowest BCUT2D eigenvalue weighted by molar-refractivity contribution is -0.118. The molecule has 7 heteroatoms. The third-order valence-corrected chi connectivity index (χ3v) is 6.54. The number of nitrogens with one attached hydrogen (secondary N) is 1. The van der Waals surface area contributed by atoms with E-state index in [2.05, 4.69) is 5.32 Å². The van der Waals surface area contributed by atoms with E-state index >= 15 is 0 Å². The molecule has 0 unspecified atom stereocenters. The molecule has 152 valence electrons. The van der Waals surface area contributed by atoms with Crippen LogP contribution in [0.25, 0.3) is 27.0 Å². The number of benzene rings is 2. The van der Waals surface area contributed by atoms with Crippen molar-refractivity contribution < 1.29 is 4.79 Å². The third kappa shape index (κ3) is 3.91. The maximum atomic E-state index is 13.7. The fraction of sp³-hybridized carbons (Fsp3) is 0.174. The average Bonchev–Trinajstić information content (AvgIpc) is 3.18. The van der Waals surface area contributed by atoms with Gasteiger partial charge in [-0.1, -0.05) is 60.3 Å². The number of amides is 1. The molecular weight excluding hydrogens is 414 g/mol. The lowest BCUT2D eigenvalue weighted by Gasteiger charge is -2.14. The molecule has 0 saturated carbocycles. The second-order valence-electron chi connectivity index (χ2n) is 6.76. The molecule has 0 saturated heterocycles. The molecule has 1 amide bonds. The molecule has 2 heterocycles. The van der Waals surface area contributed by atoms with Gasteiger partial charge in [-0.2, -0.15) is 0 Å². The smallest absolute Gasteiger partial charge is 0.268 e. The Kier molecular flexibility index (Phi) is 6.01. The first-order chi connectivity index (χ1) is 14.6. The number of fused-ring (bicyclic) bond motifs is 1. The number of aryl methyl sites for hydroxylation is 1. The van der Waals surface area contributed by atoms with Gasteiger partial charge >= 0.3 is 0 Å². The zero-order valence-electron chi connectivity index (χ0n) is 16.7. The van der Waals surface area contributed by atoms with Crippen molar-refractivity contribution in [2.45, 2.75) is 19.0 Å². The molecule has 0 radical (unpaired) electrons. The SMILES string of the molecule is CCNC(=O)CSc1nc2scc(-c3ccccc3)c2c(=O)n1-c1ccccc1C. The van der Waals surface area contributed by atoms with Crippen molar-refractivity contribution in [2.75, 3.05) is 12.3 Å². The predicted octanol–water partition coefficient (Wildman–Crippen LogP) is 4.65. The highest BCUT2D eigenvalue weighted by molar-refractivity contribution is 7.99. The number of aromatic nitrogens is 2. The standard InChI is InChI=1S/C23H21N3O2S2/c1-3-24-19(27)14-30-23-25-21-20(17(13-29-21)16-10-5-4-6-11-16)22(28)26(23)18-12-8-7-9-15(18)2/h4-13H,3,14H2,1-2H3,(H,24,27). The van der Waals surface area contributed by atoms with Crippen LogP contribution in [-0.2, 0) is 4.79 Å². The number of para-hydroxylation sites is 1. The summed E-state index contributed by atoms with van der Waals surface area (Å²) in [4.78, 5) is 31.2. The summed E-state index contributed by atoms with van der Waals surface area (Å²) in [5, 5.41) is 5.90. The normalized spacial score (nSPS) is 11.0. The van der Waals surface area contributed by atoms with Gasteiger partial charge in [0.1, 0.15) is 4.83 Å². The molecule has 1 N–H and O–H groups in total. The molecule has 5 nitrogen and oxygen atoms in total. The zero-order chi connectivity index (χ0) is 21.1. The highest BCUT2D eigenvalue weighted by atomic mass is 32.2. The van der Waals surface area contributed by atoms with Crippen molar-refractivity contribution >= 4 is 39.2 Å². The van der Waals surface area contributed by atoms with Crippen molar-refractivity contribution in [3.63, 3.8) is 0 Å². The van der Waals surface area contributed by atoms with Crippen molar-refractivity contribution in [1.82, 2.24) is 14.9 Å². The highest BCUT2D eigenvalue weighted by Gasteiger charge is 2.20. The molecule has 4 aromatic rings. The van der Waals surface area contributed by atoms with Crippen LogP contribution in [0.15, 0.2) is 69.9 Å². The first-order valence-electron chi connectivity index (χ1n) is 9.65. The first-order valence-corrected chi connectivity index (χ1v) is 11.5. The van der Waals surface area contributed by atoms with E-state index in [0.29, 0.717) is 21.9 Å². The Balaban J connectivity index is 1.93. The summed E-state index contributed by atoms with van der Waals surface area (Å²) in [6, 6.07) is 17.6. The van der Waals surface area contributed by atoms with Crippen LogP contribution in [0.1, 0.15) is 12.5 Å². The van der Waals surface area contributed by atoms with E-state index in [9.17, 15) is 9.59 Å². The lowest BCUT2D eigenvalue weighted by Crippen LogP contribution is -2.26. The van der Waals surface area contributed by atoms with Gasteiger partial charge in [0.25, 0.3) is 5.56 Å². The third-order valence-electron chi connectivity index (χ3n) is 4.72. The van der Waals surface area contributed by atoms with Crippen LogP contribution >= 0.6 is 23.1 Å². The molecule has 0 atom stereocenters. The summed E-state index contributed by atoms with van der Waals surface area (Å²) in [5.74, 6) is 0.124. The molecular formula is C23H21N3O2S2. The number of carbonyl (C=O) groups is 1. The topological polar surface area (TPSA) is 64.0 Å². The molecule has 0 aliphatic heterocycles. The summed E-state index contributed by atoms with van der Waals surface area (Å²) in [5.41, 5.74) is 3.50. The number of thioether (sulfide) groups is 1. The van der Waals surface area contributed by atoms with E-state index in [1.54, 1.807) is 4.57 Å². The molecule has 2 aromatic carbocycles. The van der Waals surface area contributed by atoms with Gasteiger partial charge in [0.05, 0.1) is 16.8 Å². The minimum atomic E-state index is -0.118. The second kappa shape index (κ2) is 8.85. The average molecular weight is 436 g/mol. The van der Waals surface area contributed by atoms with Gasteiger partial charge in [0.15, 0.2) is 5.16 Å². The van der Waals surface area contributed by atoms with Crippen LogP contribution in [-0.4, -0.2) is 27.8 Å². The molecule has 0 spiro atoms. The second-order valence-corrected chi connectivity index (χ2v) is 8.56. The van der Waals surface area contributed by atoms with Crippen molar-refractivity contribution in [1.29, 1.82) is 0 Å². The van der Waals surface area contributed by atoms with Crippen molar-refractivity contribution in [2.24, 2.45) is 0 Å². The van der Waals surface area contributed by atoms with Crippen LogP contribution in [0.4, 0.5) is 0 Å². The Labute approximate surface area is 182 Å². The number of carbonyl (C=O) groups excluding carboxylic acids is 1. The Bertz CT molecular complexity index is 1260. The fourth-order valence-electron chi connectivity index (χ4n) is 3.30. The molecule has 0 fully saturated rings. The van der Waals surface area contributed by atoms with Crippen LogP contribution < -0.4 is 10.9 Å². The Morgan fingerprint density at radius 1 is 1.13 bits per heavy atom. The minimum Gasteiger partial charge on any atom is -0.356 e.